The van der Waals surface area contributed by atoms with Crippen molar-refractivity contribution in [2.24, 2.45) is 0 Å². The smallest absolute Gasteiger partial charge is 0.335 e. The number of rotatable bonds is 1. The predicted octanol–water partition coefficient (Wildman–Crippen LogP) is 3.02. The molecular formula is C16H16BrNO2. The summed E-state index contributed by atoms with van der Waals surface area (Å²) < 4.78 is 5.98. The van der Waals surface area contributed by atoms with Crippen LogP contribution in [0.25, 0.3) is 0 Å². The maximum atomic E-state index is 11.7. The lowest BCUT2D eigenvalue weighted by Crippen LogP contribution is -2.41. The number of hydrogen-bond donors (Lipinski definition) is 0. The number of nitrogens with zero attached hydrogens (tertiary/aromatic N) is 1. The van der Waals surface area contributed by atoms with Crippen molar-refractivity contribution >= 4 is 21.9 Å². The van der Waals surface area contributed by atoms with Gasteiger partial charge in [0.2, 0.25) is 0 Å². The summed E-state index contributed by atoms with van der Waals surface area (Å²) in [5.41, 5.74) is 4.28. The van der Waals surface area contributed by atoms with Crippen LogP contribution in [-0.2, 0) is 16.0 Å². The molecule has 0 N–H and O–H groups in total. The van der Waals surface area contributed by atoms with Crippen LogP contribution in [0.4, 0.5) is 0 Å². The lowest BCUT2D eigenvalue weighted by Gasteiger charge is -2.41. The summed E-state index contributed by atoms with van der Waals surface area (Å²) in [4.78, 5) is 14.0. The molecule has 0 fully saturated rings. The molecule has 0 amide bonds. The summed E-state index contributed by atoms with van der Waals surface area (Å²) in [6.45, 7) is 5.70. The van der Waals surface area contributed by atoms with Gasteiger partial charge in [-0.25, -0.2) is 4.79 Å². The summed E-state index contributed by atoms with van der Waals surface area (Å²) in [6.07, 6.45) is 2.86. The number of ether oxygens (including phenoxy) is 1. The van der Waals surface area contributed by atoms with Crippen molar-refractivity contribution in [3.05, 3.63) is 57.6 Å². The standard InChI is InChI=1S/C16H16BrNO2/c1-10-8-11(16(19)20-2)9-18-7-6-12-13(15(10)18)4-3-5-14(12)17/h3-5,8,15H,1,6-7,9H2,2H3. The van der Waals surface area contributed by atoms with Gasteiger partial charge in [0.25, 0.3) is 0 Å². The van der Waals surface area contributed by atoms with Crippen LogP contribution in [0.2, 0.25) is 0 Å². The molecule has 0 saturated heterocycles. The minimum absolute atomic E-state index is 0.171. The van der Waals surface area contributed by atoms with Crippen molar-refractivity contribution in [2.45, 2.75) is 12.5 Å². The van der Waals surface area contributed by atoms with Gasteiger partial charge < -0.3 is 4.74 Å². The van der Waals surface area contributed by atoms with Crippen LogP contribution in [0.1, 0.15) is 17.2 Å². The zero-order valence-electron chi connectivity index (χ0n) is 11.4. The molecule has 0 aromatic heterocycles. The van der Waals surface area contributed by atoms with Gasteiger partial charge in [-0.05, 0) is 35.3 Å². The third-order valence-electron chi connectivity index (χ3n) is 4.00. The molecule has 0 aliphatic carbocycles. The SMILES string of the molecule is C=C1C=C(C(=O)OC)CN2CCc3c(Br)cccc3C12. The van der Waals surface area contributed by atoms with Crippen molar-refractivity contribution in [1.82, 2.24) is 4.90 Å². The number of fused-ring (bicyclic) bond motifs is 3. The average Bonchev–Trinajstić information content (AvgIpc) is 2.46. The Balaban J connectivity index is 2.02. The minimum Gasteiger partial charge on any atom is -0.466 e. The second-order valence-electron chi connectivity index (χ2n) is 5.17. The average molecular weight is 334 g/mol. The molecule has 1 aromatic carbocycles. The Kier molecular flexibility index (Phi) is 3.52. The normalized spacial score (nSPS) is 21.8. The Morgan fingerprint density at radius 3 is 3.05 bits per heavy atom. The summed E-state index contributed by atoms with van der Waals surface area (Å²) >= 11 is 3.63. The molecule has 1 unspecified atom stereocenters. The third kappa shape index (κ3) is 2.13. The largest absolute Gasteiger partial charge is 0.466 e. The summed E-state index contributed by atoms with van der Waals surface area (Å²) in [7, 11) is 1.42. The van der Waals surface area contributed by atoms with E-state index >= 15 is 0 Å². The number of methoxy groups -OCH3 is 1. The highest BCUT2D eigenvalue weighted by Gasteiger charge is 2.34. The van der Waals surface area contributed by atoms with Crippen molar-refractivity contribution in [3.63, 3.8) is 0 Å². The Labute approximate surface area is 127 Å². The number of benzene rings is 1. The maximum Gasteiger partial charge on any atom is 0.335 e. The fraction of sp³-hybridized carbons (Fsp3) is 0.312. The van der Waals surface area contributed by atoms with Crippen molar-refractivity contribution in [2.75, 3.05) is 20.2 Å². The van der Waals surface area contributed by atoms with Gasteiger partial charge in [0.1, 0.15) is 0 Å². The first kappa shape index (κ1) is 13.6. The van der Waals surface area contributed by atoms with E-state index in [-0.39, 0.29) is 12.0 Å². The van der Waals surface area contributed by atoms with Crippen LogP contribution in [0.15, 0.2) is 46.5 Å². The van der Waals surface area contributed by atoms with Crippen LogP contribution in [0, 0.1) is 0 Å². The van der Waals surface area contributed by atoms with E-state index in [0.29, 0.717) is 12.1 Å². The van der Waals surface area contributed by atoms with Crippen LogP contribution < -0.4 is 0 Å². The molecule has 0 radical (unpaired) electrons. The van der Waals surface area contributed by atoms with E-state index in [1.807, 2.05) is 6.08 Å². The lowest BCUT2D eigenvalue weighted by atomic mass is 9.85. The highest BCUT2D eigenvalue weighted by atomic mass is 79.9. The maximum absolute atomic E-state index is 11.7. The number of carbonyl (C=O) groups is 1. The highest BCUT2D eigenvalue weighted by Crippen LogP contribution is 2.40. The number of hydrogen-bond acceptors (Lipinski definition) is 3. The molecule has 4 heteroatoms. The monoisotopic (exact) mass is 333 g/mol. The van der Waals surface area contributed by atoms with Crippen LogP contribution in [0.5, 0.6) is 0 Å². The first-order valence-electron chi connectivity index (χ1n) is 6.61. The van der Waals surface area contributed by atoms with E-state index in [1.54, 1.807) is 0 Å². The quantitative estimate of drug-likeness (QED) is 0.740. The molecule has 2 heterocycles. The Bertz CT molecular complexity index is 621. The molecule has 0 bridgehead atoms. The van der Waals surface area contributed by atoms with E-state index in [9.17, 15) is 4.79 Å². The molecule has 0 spiro atoms. The molecule has 0 saturated carbocycles. The van der Waals surface area contributed by atoms with Crippen LogP contribution >= 0.6 is 15.9 Å². The molecule has 1 aromatic rings. The van der Waals surface area contributed by atoms with Crippen molar-refractivity contribution in [3.8, 4) is 0 Å². The molecule has 3 rings (SSSR count). The first-order valence-corrected chi connectivity index (χ1v) is 7.40. The van der Waals surface area contributed by atoms with Gasteiger partial charge >= 0.3 is 5.97 Å². The van der Waals surface area contributed by atoms with E-state index in [2.05, 4.69) is 45.6 Å². The fourth-order valence-corrected chi connectivity index (χ4v) is 3.68. The van der Waals surface area contributed by atoms with E-state index in [0.717, 1.165) is 23.0 Å². The second kappa shape index (κ2) is 5.19. The van der Waals surface area contributed by atoms with E-state index < -0.39 is 0 Å². The number of esters is 1. The molecule has 1 atom stereocenters. The first-order chi connectivity index (χ1) is 9.61. The highest BCUT2D eigenvalue weighted by molar-refractivity contribution is 9.10. The zero-order valence-corrected chi connectivity index (χ0v) is 12.9. The minimum atomic E-state index is -0.260. The van der Waals surface area contributed by atoms with E-state index in [1.165, 1.54) is 18.2 Å². The lowest BCUT2D eigenvalue weighted by molar-refractivity contribution is -0.136. The number of halogens is 1. The molecule has 3 nitrogen and oxygen atoms in total. The van der Waals surface area contributed by atoms with Gasteiger partial charge in [-0.15, -0.1) is 0 Å². The topological polar surface area (TPSA) is 29.5 Å². The van der Waals surface area contributed by atoms with Gasteiger partial charge in [-0.1, -0.05) is 34.6 Å². The Hall–Kier alpha value is -1.39. The summed E-state index contributed by atoms with van der Waals surface area (Å²) in [5, 5.41) is 0. The third-order valence-corrected chi connectivity index (χ3v) is 4.74. The van der Waals surface area contributed by atoms with Crippen molar-refractivity contribution < 1.29 is 9.53 Å². The molecule has 2 aliphatic rings. The van der Waals surface area contributed by atoms with Gasteiger partial charge in [0.05, 0.1) is 18.7 Å². The fourth-order valence-electron chi connectivity index (χ4n) is 3.10. The van der Waals surface area contributed by atoms with E-state index in [4.69, 9.17) is 4.74 Å². The summed E-state index contributed by atoms with van der Waals surface area (Å²) in [6, 6.07) is 6.46. The second-order valence-corrected chi connectivity index (χ2v) is 6.02. The molecule has 104 valence electrons. The molecule has 2 aliphatic heterocycles. The van der Waals surface area contributed by atoms with Gasteiger partial charge in [-0.3, -0.25) is 4.90 Å². The van der Waals surface area contributed by atoms with Gasteiger partial charge in [0.15, 0.2) is 0 Å². The van der Waals surface area contributed by atoms with Crippen LogP contribution in [0.3, 0.4) is 0 Å². The Morgan fingerprint density at radius 1 is 1.50 bits per heavy atom. The van der Waals surface area contributed by atoms with Crippen molar-refractivity contribution in [1.29, 1.82) is 0 Å². The Morgan fingerprint density at radius 2 is 2.30 bits per heavy atom. The summed E-state index contributed by atoms with van der Waals surface area (Å²) in [5.74, 6) is -0.260. The van der Waals surface area contributed by atoms with Crippen LogP contribution in [-0.4, -0.2) is 31.1 Å². The molecule has 20 heavy (non-hydrogen) atoms. The predicted molar refractivity (Wildman–Crippen MR) is 81.4 cm³/mol. The molecular weight excluding hydrogens is 318 g/mol. The van der Waals surface area contributed by atoms with Gasteiger partial charge in [-0.2, -0.15) is 0 Å². The number of carbonyl (C=O) groups excluding carboxylic acids is 1. The zero-order chi connectivity index (χ0) is 14.3. The van der Waals surface area contributed by atoms with Gasteiger partial charge in [0, 0.05) is 17.6 Å².